The molecule has 0 radical (unpaired) electrons. The smallest absolute Gasteiger partial charge is 0.257 e. The zero-order valence-corrected chi connectivity index (χ0v) is 19.8. The number of carbonyl (C=O) groups is 1. The number of ether oxygens (including phenoxy) is 2. The molecule has 0 saturated heterocycles. The molecule has 4 rings (SSSR count). The number of fused-ring (bicyclic) bond motifs is 1. The first kappa shape index (κ1) is 23.4. The molecule has 2 atom stereocenters. The zero-order valence-electron chi connectivity index (χ0n) is 19.8. The molecule has 176 valence electrons. The number of para-hydroxylation sites is 1. The van der Waals surface area contributed by atoms with Crippen molar-refractivity contribution in [3.05, 3.63) is 84.1 Å². The third kappa shape index (κ3) is 4.92. The molecule has 4 aromatic rings. The van der Waals surface area contributed by atoms with Crippen LogP contribution in [0.2, 0.25) is 0 Å². The molecule has 1 amide bonds. The van der Waals surface area contributed by atoms with Crippen LogP contribution >= 0.6 is 0 Å². The Labute approximate surface area is 199 Å². The van der Waals surface area contributed by atoms with E-state index in [1.165, 1.54) is 0 Å². The highest BCUT2D eigenvalue weighted by Crippen LogP contribution is 2.31. The normalized spacial score (nSPS) is 13.0. The lowest BCUT2D eigenvalue weighted by atomic mass is 9.98. The molecule has 1 aromatic heterocycles. The number of rotatable bonds is 8. The summed E-state index contributed by atoms with van der Waals surface area (Å²) in [7, 11) is 1.62. The molecule has 3 aromatic carbocycles. The molecule has 0 fully saturated rings. The van der Waals surface area contributed by atoms with Crippen LogP contribution in [0.1, 0.15) is 42.6 Å². The lowest BCUT2D eigenvalue weighted by Gasteiger charge is -2.21. The van der Waals surface area contributed by atoms with E-state index in [-0.39, 0.29) is 12.0 Å². The second kappa shape index (κ2) is 10.0. The number of amides is 1. The van der Waals surface area contributed by atoms with Gasteiger partial charge in [0.15, 0.2) is 0 Å². The predicted molar refractivity (Wildman–Crippen MR) is 134 cm³/mol. The van der Waals surface area contributed by atoms with Crippen LogP contribution in [0.25, 0.3) is 22.0 Å². The van der Waals surface area contributed by atoms with Crippen LogP contribution in [0.15, 0.2) is 72.9 Å². The number of H-pyrrole nitrogens is 1. The molecular weight excluding hydrogens is 428 g/mol. The predicted octanol–water partition coefficient (Wildman–Crippen LogP) is 5.48. The summed E-state index contributed by atoms with van der Waals surface area (Å²) < 4.78 is 11.2. The van der Waals surface area contributed by atoms with Crippen molar-refractivity contribution in [2.75, 3.05) is 7.11 Å². The largest absolute Gasteiger partial charge is 0.497 e. The highest BCUT2D eigenvalue weighted by molar-refractivity contribution is 5.98. The fraction of sp³-hybridized carbons (Fsp3) is 0.250. The Balaban J connectivity index is 1.62. The molecule has 0 saturated carbocycles. The van der Waals surface area contributed by atoms with Gasteiger partial charge in [-0.1, -0.05) is 43.3 Å². The van der Waals surface area contributed by atoms with E-state index >= 15 is 0 Å². The first-order chi connectivity index (χ1) is 16.4. The molecule has 1 unspecified atom stereocenters. The van der Waals surface area contributed by atoms with E-state index in [1.54, 1.807) is 19.2 Å². The van der Waals surface area contributed by atoms with E-state index in [1.807, 2.05) is 81.6 Å². The number of carbonyl (C=O) groups excluding carboxylic acids is 1. The van der Waals surface area contributed by atoms with Crippen molar-refractivity contribution in [3.63, 3.8) is 0 Å². The van der Waals surface area contributed by atoms with E-state index in [2.05, 4.69) is 10.3 Å². The van der Waals surface area contributed by atoms with Gasteiger partial charge >= 0.3 is 0 Å². The molecular formula is C28H30N2O4. The Morgan fingerprint density at radius 2 is 1.74 bits per heavy atom. The Morgan fingerprint density at radius 3 is 2.50 bits per heavy atom. The Bertz CT molecular complexity index is 1290. The topological polar surface area (TPSA) is 83.6 Å². The first-order valence-corrected chi connectivity index (χ1v) is 11.4. The van der Waals surface area contributed by atoms with Crippen LogP contribution < -0.4 is 14.8 Å². The van der Waals surface area contributed by atoms with Gasteiger partial charge < -0.3 is 24.9 Å². The Morgan fingerprint density at radius 1 is 0.971 bits per heavy atom. The number of aliphatic hydroxyl groups is 1. The second-order valence-corrected chi connectivity index (χ2v) is 8.61. The molecule has 0 spiro atoms. The van der Waals surface area contributed by atoms with Gasteiger partial charge in [-0.15, -0.1) is 0 Å². The van der Waals surface area contributed by atoms with Gasteiger partial charge in [0.1, 0.15) is 17.7 Å². The molecule has 34 heavy (non-hydrogen) atoms. The summed E-state index contributed by atoms with van der Waals surface area (Å²) in [5, 5.41) is 14.7. The Hall–Kier alpha value is -3.77. The summed E-state index contributed by atoms with van der Waals surface area (Å²) in [6.45, 7) is 5.70. The van der Waals surface area contributed by atoms with Gasteiger partial charge in [-0.2, -0.15) is 0 Å². The second-order valence-electron chi connectivity index (χ2n) is 8.61. The molecule has 6 heteroatoms. The van der Waals surface area contributed by atoms with Crippen molar-refractivity contribution in [3.8, 4) is 22.6 Å². The van der Waals surface area contributed by atoms with Gasteiger partial charge in [-0.3, -0.25) is 4.79 Å². The summed E-state index contributed by atoms with van der Waals surface area (Å²) in [6.07, 6.45) is 0.685. The summed E-state index contributed by atoms with van der Waals surface area (Å²) in [5.74, 6) is 0.468. The molecule has 0 aliphatic rings. The highest BCUT2D eigenvalue weighted by atomic mass is 16.5. The average molecular weight is 459 g/mol. The number of methoxy groups -OCH3 is 1. The van der Waals surface area contributed by atoms with Crippen LogP contribution in [-0.4, -0.2) is 35.4 Å². The van der Waals surface area contributed by atoms with Crippen LogP contribution in [-0.2, 0) is 0 Å². The van der Waals surface area contributed by atoms with E-state index in [4.69, 9.17) is 9.47 Å². The molecule has 0 bridgehead atoms. The number of benzene rings is 3. The number of nitrogens with one attached hydrogen (secondary N) is 2. The lowest BCUT2D eigenvalue weighted by molar-refractivity contribution is 0.0723. The first-order valence-electron chi connectivity index (χ1n) is 11.4. The standard InChI is InChI=1S/C28H30N2O4/c1-17(2)34-26-13-12-20(19-8-7-9-21(14-19)33-4)15-23(26)28(32)30-27(31)18(3)24-16-29-25-11-6-5-10-22(24)25/h5-18,27,29,31H,1-4H3,(H,30,32)/t18?,27-/m1/s1. The van der Waals surface area contributed by atoms with Gasteiger partial charge in [-0.05, 0) is 60.9 Å². The summed E-state index contributed by atoms with van der Waals surface area (Å²) in [6, 6.07) is 21.0. The number of aliphatic hydroxyl groups excluding tert-OH is 1. The minimum atomic E-state index is -1.08. The van der Waals surface area contributed by atoms with Crippen molar-refractivity contribution < 1.29 is 19.4 Å². The van der Waals surface area contributed by atoms with Crippen molar-refractivity contribution in [1.82, 2.24) is 10.3 Å². The highest BCUT2D eigenvalue weighted by Gasteiger charge is 2.24. The molecule has 3 N–H and O–H groups in total. The minimum absolute atomic E-state index is 0.107. The van der Waals surface area contributed by atoms with E-state index in [0.29, 0.717) is 11.3 Å². The summed E-state index contributed by atoms with van der Waals surface area (Å²) in [5.41, 5.74) is 4.05. The van der Waals surface area contributed by atoms with E-state index < -0.39 is 12.1 Å². The zero-order chi connectivity index (χ0) is 24.2. The third-order valence-corrected chi connectivity index (χ3v) is 5.85. The maximum Gasteiger partial charge on any atom is 0.257 e. The quantitative estimate of drug-likeness (QED) is 0.305. The number of hydrogen-bond donors (Lipinski definition) is 3. The van der Waals surface area contributed by atoms with Crippen LogP contribution in [0, 0.1) is 0 Å². The van der Waals surface area contributed by atoms with Crippen LogP contribution in [0.4, 0.5) is 0 Å². The van der Waals surface area contributed by atoms with Gasteiger partial charge in [0, 0.05) is 23.0 Å². The number of aromatic amines is 1. The van der Waals surface area contributed by atoms with Crippen molar-refractivity contribution in [1.29, 1.82) is 0 Å². The monoisotopic (exact) mass is 458 g/mol. The Kier molecular flexibility index (Phi) is 6.89. The number of aromatic nitrogens is 1. The van der Waals surface area contributed by atoms with Gasteiger partial charge in [0.05, 0.1) is 18.8 Å². The average Bonchev–Trinajstić information content (AvgIpc) is 3.27. The fourth-order valence-corrected chi connectivity index (χ4v) is 4.02. The SMILES string of the molecule is COc1cccc(-c2ccc(OC(C)C)c(C(=O)N[C@H](O)C(C)c3c[nH]c4ccccc34)c2)c1. The van der Waals surface area contributed by atoms with Crippen LogP contribution in [0.3, 0.4) is 0 Å². The van der Waals surface area contributed by atoms with Gasteiger partial charge in [-0.25, -0.2) is 0 Å². The molecule has 6 nitrogen and oxygen atoms in total. The van der Waals surface area contributed by atoms with Crippen LogP contribution in [0.5, 0.6) is 11.5 Å². The van der Waals surface area contributed by atoms with Gasteiger partial charge in [0.2, 0.25) is 0 Å². The molecule has 1 heterocycles. The summed E-state index contributed by atoms with van der Waals surface area (Å²) in [4.78, 5) is 16.5. The fourth-order valence-electron chi connectivity index (χ4n) is 4.02. The van der Waals surface area contributed by atoms with Crippen molar-refractivity contribution in [2.24, 2.45) is 0 Å². The van der Waals surface area contributed by atoms with E-state index in [0.717, 1.165) is 33.3 Å². The minimum Gasteiger partial charge on any atom is -0.497 e. The van der Waals surface area contributed by atoms with Crippen molar-refractivity contribution >= 4 is 16.8 Å². The van der Waals surface area contributed by atoms with Crippen molar-refractivity contribution in [2.45, 2.75) is 39.0 Å². The number of hydrogen-bond acceptors (Lipinski definition) is 4. The molecule has 0 aliphatic carbocycles. The van der Waals surface area contributed by atoms with E-state index in [9.17, 15) is 9.90 Å². The maximum absolute atomic E-state index is 13.3. The molecule has 0 aliphatic heterocycles. The van der Waals surface area contributed by atoms with Gasteiger partial charge in [0.25, 0.3) is 5.91 Å². The summed E-state index contributed by atoms with van der Waals surface area (Å²) >= 11 is 0. The lowest BCUT2D eigenvalue weighted by Crippen LogP contribution is -2.38. The maximum atomic E-state index is 13.3. The third-order valence-electron chi connectivity index (χ3n) is 5.85.